The van der Waals surface area contributed by atoms with Gasteiger partial charge in [-0.15, -0.1) is 11.3 Å². The zero-order valence-corrected chi connectivity index (χ0v) is 18.9. The van der Waals surface area contributed by atoms with E-state index in [2.05, 4.69) is 48.9 Å². The first-order valence-corrected chi connectivity index (χ1v) is 11.7. The molecule has 0 aliphatic carbocycles. The third-order valence-electron chi connectivity index (χ3n) is 6.06. The zero-order chi connectivity index (χ0) is 20.5. The van der Waals surface area contributed by atoms with Crippen molar-refractivity contribution in [1.82, 2.24) is 9.97 Å². The molecule has 154 valence electrons. The number of halogens is 1. The first-order chi connectivity index (χ1) is 14.0. The van der Waals surface area contributed by atoms with Crippen LogP contribution in [0.5, 0.6) is 0 Å². The number of thiophene rings is 1. The summed E-state index contributed by atoms with van der Waals surface area (Å²) in [6.45, 7) is 7.63. The summed E-state index contributed by atoms with van der Waals surface area (Å²) in [5, 5.41) is 11.0. The third kappa shape index (κ3) is 3.88. The Hall–Kier alpha value is -1.69. The highest BCUT2D eigenvalue weighted by Gasteiger charge is 2.28. The molecule has 2 aromatic heterocycles. The summed E-state index contributed by atoms with van der Waals surface area (Å²) in [4.78, 5) is 14.0. The molecule has 0 bridgehead atoms. The molecule has 29 heavy (non-hydrogen) atoms. The highest BCUT2D eigenvalue weighted by molar-refractivity contribution is 7.19. The van der Waals surface area contributed by atoms with Gasteiger partial charge in [0, 0.05) is 29.6 Å². The molecule has 1 fully saturated rings. The molecule has 0 amide bonds. The molecule has 0 radical (unpaired) electrons. The minimum absolute atomic E-state index is 0.191. The lowest BCUT2D eigenvalue weighted by Crippen LogP contribution is -2.40. The Balaban J connectivity index is 1.97. The van der Waals surface area contributed by atoms with Crippen LogP contribution in [0.1, 0.15) is 48.6 Å². The van der Waals surface area contributed by atoms with E-state index in [0.29, 0.717) is 11.3 Å². The van der Waals surface area contributed by atoms with Gasteiger partial charge in [0.2, 0.25) is 5.28 Å². The lowest BCUT2D eigenvalue weighted by Gasteiger charge is -2.37. The van der Waals surface area contributed by atoms with E-state index in [4.69, 9.17) is 16.6 Å². The standard InChI is InChI=1S/C23H28ClN3OS/c1-4-18-19(16-9-8-14(2)15(3)13-16)20-21(25-23(24)26-22(20)29-18)27-11-6-5-7-17(27)10-12-28/h8-9,13,17,28H,4-7,10-12H2,1-3H3. The van der Waals surface area contributed by atoms with Gasteiger partial charge in [0.15, 0.2) is 0 Å². The Morgan fingerprint density at radius 2 is 2.03 bits per heavy atom. The lowest BCUT2D eigenvalue weighted by molar-refractivity contribution is 0.262. The van der Waals surface area contributed by atoms with Crippen LogP contribution in [0.2, 0.25) is 5.28 Å². The van der Waals surface area contributed by atoms with E-state index in [1.54, 1.807) is 11.3 Å². The molecule has 1 atom stereocenters. The Bertz CT molecular complexity index is 1030. The second kappa shape index (κ2) is 8.58. The molecule has 6 heteroatoms. The van der Waals surface area contributed by atoms with Crippen molar-refractivity contribution < 1.29 is 5.11 Å². The molecular weight excluding hydrogens is 402 g/mol. The Morgan fingerprint density at radius 1 is 1.21 bits per heavy atom. The van der Waals surface area contributed by atoms with Gasteiger partial charge in [-0.3, -0.25) is 0 Å². The van der Waals surface area contributed by atoms with Crippen LogP contribution in [0.15, 0.2) is 18.2 Å². The fourth-order valence-corrected chi connectivity index (χ4v) is 5.73. The van der Waals surface area contributed by atoms with E-state index in [1.165, 1.54) is 33.6 Å². The van der Waals surface area contributed by atoms with Crippen molar-refractivity contribution >= 4 is 39.0 Å². The number of hydrogen-bond donors (Lipinski definition) is 1. The number of rotatable bonds is 5. The summed E-state index contributed by atoms with van der Waals surface area (Å²) in [6, 6.07) is 6.97. The molecule has 3 heterocycles. The molecule has 1 aliphatic heterocycles. The minimum Gasteiger partial charge on any atom is -0.396 e. The van der Waals surface area contributed by atoms with Crippen molar-refractivity contribution in [2.75, 3.05) is 18.1 Å². The summed E-state index contributed by atoms with van der Waals surface area (Å²) in [5.41, 5.74) is 5.05. The number of aryl methyl sites for hydroxylation is 3. The molecule has 4 nitrogen and oxygen atoms in total. The summed E-state index contributed by atoms with van der Waals surface area (Å²) >= 11 is 8.10. The number of nitrogens with zero attached hydrogens (tertiary/aromatic N) is 3. The maximum atomic E-state index is 9.60. The number of benzene rings is 1. The smallest absolute Gasteiger partial charge is 0.225 e. The van der Waals surface area contributed by atoms with Gasteiger partial charge in [-0.2, -0.15) is 4.98 Å². The van der Waals surface area contributed by atoms with Gasteiger partial charge >= 0.3 is 0 Å². The fourth-order valence-electron chi connectivity index (χ4n) is 4.39. The normalized spacial score (nSPS) is 17.3. The van der Waals surface area contributed by atoms with Crippen molar-refractivity contribution in [3.63, 3.8) is 0 Å². The molecular formula is C23H28ClN3OS. The zero-order valence-electron chi connectivity index (χ0n) is 17.3. The second-order valence-corrected chi connectivity index (χ2v) is 9.33. The SMILES string of the molecule is CCc1sc2nc(Cl)nc(N3CCCCC3CCO)c2c1-c1ccc(C)c(C)c1. The van der Waals surface area contributed by atoms with Gasteiger partial charge < -0.3 is 10.0 Å². The predicted octanol–water partition coefficient (Wildman–Crippen LogP) is 5.93. The van der Waals surface area contributed by atoms with E-state index >= 15 is 0 Å². The Labute approximate surface area is 181 Å². The average Bonchev–Trinajstić information content (AvgIpc) is 3.08. The molecule has 1 unspecified atom stereocenters. The van der Waals surface area contributed by atoms with E-state index < -0.39 is 0 Å². The van der Waals surface area contributed by atoms with Crippen LogP contribution in [-0.4, -0.2) is 34.3 Å². The third-order valence-corrected chi connectivity index (χ3v) is 7.45. The molecule has 0 saturated carbocycles. The predicted molar refractivity (Wildman–Crippen MR) is 123 cm³/mol. The molecule has 3 aromatic rings. The maximum absolute atomic E-state index is 9.60. The first-order valence-electron chi connectivity index (χ1n) is 10.5. The van der Waals surface area contributed by atoms with E-state index in [0.717, 1.165) is 48.3 Å². The van der Waals surface area contributed by atoms with Crippen molar-refractivity contribution in [2.45, 2.75) is 58.9 Å². The molecule has 1 aliphatic rings. The van der Waals surface area contributed by atoms with Gasteiger partial charge in [0.25, 0.3) is 0 Å². The van der Waals surface area contributed by atoms with Gasteiger partial charge in [-0.25, -0.2) is 4.98 Å². The van der Waals surface area contributed by atoms with Crippen molar-refractivity contribution in [3.05, 3.63) is 39.5 Å². The number of anilines is 1. The quantitative estimate of drug-likeness (QED) is 0.510. The molecule has 0 spiro atoms. The topological polar surface area (TPSA) is 49.2 Å². The second-order valence-electron chi connectivity index (χ2n) is 7.90. The van der Waals surface area contributed by atoms with Gasteiger partial charge in [0.1, 0.15) is 10.6 Å². The van der Waals surface area contributed by atoms with Crippen LogP contribution < -0.4 is 4.90 Å². The number of aliphatic hydroxyl groups excluding tert-OH is 1. The summed E-state index contributed by atoms with van der Waals surface area (Å²) in [5.74, 6) is 0.933. The maximum Gasteiger partial charge on any atom is 0.225 e. The fraction of sp³-hybridized carbons (Fsp3) is 0.478. The summed E-state index contributed by atoms with van der Waals surface area (Å²) in [6.07, 6.45) is 5.10. The van der Waals surface area contributed by atoms with Gasteiger partial charge in [-0.05, 0) is 74.2 Å². The summed E-state index contributed by atoms with van der Waals surface area (Å²) in [7, 11) is 0. The number of aromatic nitrogens is 2. The number of aliphatic hydroxyl groups is 1. The van der Waals surface area contributed by atoms with E-state index in [9.17, 15) is 5.11 Å². The van der Waals surface area contributed by atoms with E-state index in [-0.39, 0.29) is 6.61 Å². The summed E-state index contributed by atoms with van der Waals surface area (Å²) < 4.78 is 0. The van der Waals surface area contributed by atoms with Crippen LogP contribution in [-0.2, 0) is 6.42 Å². The molecule has 1 N–H and O–H groups in total. The van der Waals surface area contributed by atoms with Gasteiger partial charge in [0.05, 0.1) is 5.39 Å². The average molecular weight is 430 g/mol. The van der Waals surface area contributed by atoms with Crippen LogP contribution in [0.3, 0.4) is 0 Å². The van der Waals surface area contributed by atoms with Crippen LogP contribution in [0, 0.1) is 13.8 Å². The number of fused-ring (bicyclic) bond motifs is 1. The largest absolute Gasteiger partial charge is 0.396 e. The minimum atomic E-state index is 0.191. The molecule has 4 rings (SSSR count). The van der Waals surface area contributed by atoms with Crippen LogP contribution in [0.25, 0.3) is 21.3 Å². The monoisotopic (exact) mass is 429 g/mol. The van der Waals surface area contributed by atoms with Crippen LogP contribution in [0.4, 0.5) is 5.82 Å². The number of piperidine rings is 1. The molecule has 1 aromatic carbocycles. The van der Waals surface area contributed by atoms with Gasteiger partial charge in [-0.1, -0.05) is 25.1 Å². The molecule has 1 saturated heterocycles. The Kier molecular flexibility index (Phi) is 6.09. The highest BCUT2D eigenvalue weighted by atomic mass is 35.5. The lowest BCUT2D eigenvalue weighted by atomic mass is 9.96. The number of hydrogen-bond acceptors (Lipinski definition) is 5. The van der Waals surface area contributed by atoms with Crippen molar-refractivity contribution in [2.24, 2.45) is 0 Å². The first kappa shape index (κ1) is 20.6. The van der Waals surface area contributed by atoms with Crippen molar-refractivity contribution in [3.8, 4) is 11.1 Å². The Morgan fingerprint density at radius 3 is 2.76 bits per heavy atom. The highest BCUT2D eigenvalue weighted by Crippen LogP contribution is 2.44. The van der Waals surface area contributed by atoms with Crippen molar-refractivity contribution in [1.29, 1.82) is 0 Å². The van der Waals surface area contributed by atoms with Crippen LogP contribution >= 0.6 is 22.9 Å². The van der Waals surface area contributed by atoms with E-state index in [1.807, 2.05) is 0 Å².